The van der Waals surface area contributed by atoms with Crippen molar-refractivity contribution < 1.29 is 13.2 Å². The maximum Gasteiger partial charge on any atom is 0.401 e. The quantitative estimate of drug-likeness (QED) is 0.686. The highest BCUT2D eigenvalue weighted by atomic mass is 19.4. The number of rotatable bonds is 2. The third-order valence-corrected chi connectivity index (χ3v) is 2.55. The molecule has 1 rings (SSSR count). The van der Waals surface area contributed by atoms with Crippen molar-refractivity contribution in [2.24, 2.45) is 5.84 Å². The Kier molecular flexibility index (Phi) is 3.74. The third-order valence-electron chi connectivity index (χ3n) is 2.55. The number of piperidine rings is 1. The van der Waals surface area contributed by atoms with Crippen molar-refractivity contribution in [2.75, 3.05) is 26.7 Å². The maximum absolute atomic E-state index is 12.1. The zero-order valence-corrected chi connectivity index (χ0v) is 8.22. The number of alkyl halides is 3. The molecule has 0 aromatic rings. The van der Waals surface area contributed by atoms with Crippen molar-refractivity contribution in [1.29, 1.82) is 0 Å². The number of hydrazine groups is 1. The Hall–Kier alpha value is -0.330. The van der Waals surface area contributed by atoms with Crippen LogP contribution < -0.4 is 5.84 Å². The molecule has 1 saturated heterocycles. The van der Waals surface area contributed by atoms with Gasteiger partial charge in [-0.1, -0.05) is 0 Å². The van der Waals surface area contributed by atoms with Crippen LogP contribution in [0.2, 0.25) is 0 Å². The highest BCUT2D eigenvalue weighted by molar-refractivity contribution is 4.77. The fraction of sp³-hybridized carbons (Fsp3) is 1.00. The lowest BCUT2D eigenvalue weighted by Gasteiger charge is -2.34. The lowest BCUT2D eigenvalue weighted by Crippen LogP contribution is -2.48. The van der Waals surface area contributed by atoms with Gasteiger partial charge < -0.3 is 0 Å². The monoisotopic (exact) mass is 211 g/mol. The van der Waals surface area contributed by atoms with Gasteiger partial charge in [0, 0.05) is 19.1 Å². The van der Waals surface area contributed by atoms with Gasteiger partial charge in [-0.05, 0) is 19.9 Å². The highest BCUT2D eigenvalue weighted by Crippen LogP contribution is 2.20. The largest absolute Gasteiger partial charge is 0.401 e. The van der Waals surface area contributed by atoms with E-state index in [4.69, 9.17) is 5.84 Å². The molecule has 0 unspecified atom stereocenters. The number of nitrogens with zero attached hydrogens (tertiary/aromatic N) is 2. The van der Waals surface area contributed by atoms with E-state index in [0.717, 1.165) is 0 Å². The SMILES string of the molecule is CN(CC(F)(F)F)C1CCN(N)CC1. The molecule has 14 heavy (non-hydrogen) atoms. The molecule has 1 fully saturated rings. The average Bonchev–Trinajstić information content (AvgIpc) is 2.02. The van der Waals surface area contributed by atoms with Crippen molar-refractivity contribution in [1.82, 2.24) is 9.91 Å². The molecule has 1 aliphatic rings. The molecule has 0 spiro atoms. The molecule has 0 aliphatic carbocycles. The van der Waals surface area contributed by atoms with Crippen LogP contribution in [0.3, 0.4) is 0 Å². The first kappa shape index (κ1) is 11.7. The number of halogens is 3. The summed E-state index contributed by atoms with van der Waals surface area (Å²) in [6, 6.07) is 0.0106. The lowest BCUT2D eigenvalue weighted by atomic mass is 10.1. The summed E-state index contributed by atoms with van der Waals surface area (Å²) in [4.78, 5) is 1.37. The molecule has 3 nitrogen and oxygen atoms in total. The van der Waals surface area contributed by atoms with Crippen molar-refractivity contribution >= 4 is 0 Å². The van der Waals surface area contributed by atoms with Crippen molar-refractivity contribution in [2.45, 2.75) is 25.1 Å². The molecule has 0 atom stereocenters. The van der Waals surface area contributed by atoms with E-state index in [0.29, 0.717) is 25.9 Å². The van der Waals surface area contributed by atoms with Crippen LogP contribution in [0.25, 0.3) is 0 Å². The molecule has 0 aromatic carbocycles. The fourth-order valence-corrected chi connectivity index (χ4v) is 1.74. The van der Waals surface area contributed by atoms with Gasteiger partial charge in [-0.15, -0.1) is 0 Å². The Morgan fingerprint density at radius 3 is 2.29 bits per heavy atom. The normalized spacial score (nSPS) is 21.9. The first-order valence-corrected chi connectivity index (χ1v) is 4.65. The van der Waals surface area contributed by atoms with E-state index in [-0.39, 0.29) is 6.04 Å². The van der Waals surface area contributed by atoms with E-state index >= 15 is 0 Å². The van der Waals surface area contributed by atoms with Crippen molar-refractivity contribution in [3.63, 3.8) is 0 Å². The van der Waals surface area contributed by atoms with E-state index in [2.05, 4.69) is 0 Å². The second-order valence-corrected chi connectivity index (χ2v) is 3.80. The maximum atomic E-state index is 12.1. The van der Waals surface area contributed by atoms with Gasteiger partial charge in [-0.3, -0.25) is 10.7 Å². The van der Waals surface area contributed by atoms with Crippen LogP contribution in [0, 0.1) is 0 Å². The van der Waals surface area contributed by atoms with Gasteiger partial charge in [-0.2, -0.15) is 13.2 Å². The van der Waals surface area contributed by atoms with E-state index in [1.807, 2.05) is 0 Å². The Balaban J connectivity index is 2.34. The van der Waals surface area contributed by atoms with Gasteiger partial charge >= 0.3 is 6.18 Å². The Morgan fingerprint density at radius 1 is 1.36 bits per heavy atom. The predicted molar refractivity (Wildman–Crippen MR) is 47.5 cm³/mol. The highest BCUT2D eigenvalue weighted by Gasteiger charge is 2.32. The van der Waals surface area contributed by atoms with Crippen LogP contribution >= 0.6 is 0 Å². The second kappa shape index (κ2) is 4.46. The summed E-state index contributed by atoms with van der Waals surface area (Å²) < 4.78 is 36.2. The number of hydrogen-bond donors (Lipinski definition) is 1. The Labute approximate surface area is 81.6 Å². The molecular weight excluding hydrogens is 195 g/mol. The average molecular weight is 211 g/mol. The first-order chi connectivity index (χ1) is 6.38. The van der Waals surface area contributed by atoms with E-state index < -0.39 is 12.7 Å². The summed E-state index contributed by atoms with van der Waals surface area (Å²) in [7, 11) is 1.52. The molecule has 1 aliphatic heterocycles. The van der Waals surface area contributed by atoms with Crippen molar-refractivity contribution in [3.05, 3.63) is 0 Å². The minimum absolute atomic E-state index is 0.0106. The van der Waals surface area contributed by atoms with Crippen LogP contribution in [-0.4, -0.2) is 48.8 Å². The van der Waals surface area contributed by atoms with Gasteiger partial charge in [0.05, 0.1) is 6.54 Å². The molecular formula is C8H16F3N3. The predicted octanol–water partition coefficient (Wildman–Crippen LogP) is 0.819. The summed E-state index contributed by atoms with van der Waals surface area (Å²) in [5.41, 5.74) is 0. The van der Waals surface area contributed by atoms with Crippen LogP contribution in [0.15, 0.2) is 0 Å². The van der Waals surface area contributed by atoms with Gasteiger partial charge in [0.25, 0.3) is 0 Å². The first-order valence-electron chi connectivity index (χ1n) is 4.65. The summed E-state index contributed by atoms with van der Waals surface area (Å²) in [5.74, 6) is 5.52. The lowest BCUT2D eigenvalue weighted by molar-refractivity contribution is -0.149. The minimum atomic E-state index is -4.10. The Bertz CT molecular complexity index is 175. The van der Waals surface area contributed by atoms with Crippen molar-refractivity contribution in [3.8, 4) is 0 Å². The summed E-state index contributed by atoms with van der Waals surface area (Å²) >= 11 is 0. The standard InChI is InChI=1S/C8H16F3N3/c1-13(6-8(9,10)11)7-2-4-14(12)5-3-7/h7H,2-6,12H2,1H3. The number of nitrogens with two attached hydrogens (primary N) is 1. The van der Waals surface area contributed by atoms with E-state index in [9.17, 15) is 13.2 Å². The number of hydrogen-bond acceptors (Lipinski definition) is 3. The molecule has 0 amide bonds. The molecule has 1 heterocycles. The smallest absolute Gasteiger partial charge is 0.295 e. The van der Waals surface area contributed by atoms with E-state index in [1.165, 1.54) is 11.9 Å². The molecule has 0 bridgehead atoms. The van der Waals surface area contributed by atoms with Gasteiger partial charge in [0.2, 0.25) is 0 Å². The third kappa shape index (κ3) is 3.81. The molecule has 0 saturated carbocycles. The second-order valence-electron chi connectivity index (χ2n) is 3.80. The zero-order chi connectivity index (χ0) is 10.8. The van der Waals surface area contributed by atoms with Crippen LogP contribution in [0.4, 0.5) is 13.2 Å². The Morgan fingerprint density at radius 2 is 1.86 bits per heavy atom. The topological polar surface area (TPSA) is 32.5 Å². The molecule has 0 radical (unpaired) electrons. The van der Waals surface area contributed by atoms with Gasteiger partial charge in [0.1, 0.15) is 0 Å². The van der Waals surface area contributed by atoms with Gasteiger partial charge in [-0.25, -0.2) is 5.01 Å². The zero-order valence-electron chi connectivity index (χ0n) is 8.22. The van der Waals surface area contributed by atoms with E-state index in [1.54, 1.807) is 5.01 Å². The molecule has 2 N–H and O–H groups in total. The molecule has 6 heteroatoms. The van der Waals surface area contributed by atoms with Crippen LogP contribution in [0.1, 0.15) is 12.8 Å². The fourth-order valence-electron chi connectivity index (χ4n) is 1.74. The summed E-state index contributed by atoms with van der Waals surface area (Å²) in [6.07, 6.45) is -2.68. The van der Waals surface area contributed by atoms with Gasteiger partial charge in [0.15, 0.2) is 0 Å². The summed E-state index contributed by atoms with van der Waals surface area (Å²) in [6.45, 7) is 0.516. The van der Waals surface area contributed by atoms with Crippen LogP contribution in [-0.2, 0) is 0 Å². The van der Waals surface area contributed by atoms with Crippen LogP contribution in [0.5, 0.6) is 0 Å². The molecule has 0 aromatic heterocycles. The summed E-state index contributed by atoms with van der Waals surface area (Å²) in [5, 5.41) is 1.65. The molecule has 84 valence electrons. The minimum Gasteiger partial charge on any atom is -0.295 e.